The average molecular weight is 375 g/mol. The fourth-order valence-corrected chi connectivity index (χ4v) is 4.07. The third-order valence-corrected chi connectivity index (χ3v) is 6.17. The van der Waals surface area contributed by atoms with Crippen LogP contribution in [-0.2, 0) is 10.0 Å². The van der Waals surface area contributed by atoms with Gasteiger partial charge in [-0.05, 0) is 36.8 Å². The first-order valence-electron chi connectivity index (χ1n) is 8.61. The monoisotopic (exact) mass is 375 g/mol. The smallest absolute Gasteiger partial charge is 0.319 e. The number of anilines is 1. The maximum atomic E-state index is 12.5. The molecule has 0 aliphatic carbocycles. The first-order chi connectivity index (χ1) is 12.4. The van der Waals surface area contributed by atoms with Crippen molar-refractivity contribution in [3.63, 3.8) is 0 Å². The van der Waals surface area contributed by atoms with Gasteiger partial charge in [-0.2, -0.15) is 4.31 Å². The van der Waals surface area contributed by atoms with Crippen LogP contribution in [0.3, 0.4) is 0 Å². The summed E-state index contributed by atoms with van der Waals surface area (Å²) in [6.07, 6.45) is 0. The van der Waals surface area contributed by atoms with Crippen molar-refractivity contribution in [1.82, 2.24) is 9.62 Å². The van der Waals surface area contributed by atoms with Crippen molar-refractivity contribution in [3.05, 3.63) is 60.2 Å². The molecule has 0 aliphatic rings. The van der Waals surface area contributed by atoms with E-state index in [2.05, 4.69) is 10.6 Å². The highest BCUT2D eigenvalue weighted by Gasteiger charge is 2.21. The number of carbonyl (C=O) groups excluding carboxylic acids is 1. The van der Waals surface area contributed by atoms with Crippen LogP contribution in [0.25, 0.3) is 0 Å². The summed E-state index contributed by atoms with van der Waals surface area (Å²) in [7, 11) is -3.50. The molecule has 0 radical (unpaired) electrons. The van der Waals surface area contributed by atoms with E-state index in [1.165, 1.54) is 16.4 Å². The first kappa shape index (κ1) is 19.9. The van der Waals surface area contributed by atoms with Gasteiger partial charge in [0.05, 0.1) is 10.9 Å². The van der Waals surface area contributed by atoms with Gasteiger partial charge in [0.1, 0.15) is 0 Å². The van der Waals surface area contributed by atoms with Gasteiger partial charge in [0.25, 0.3) is 0 Å². The molecule has 0 aliphatic heterocycles. The lowest BCUT2D eigenvalue weighted by Gasteiger charge is -2.18. The molecule has 0 bridgehead atoms. The number of hydrogen-bond donors (Lipinski definition) is 2. The van der Waals surface area contributed by atoms with Crippen LogP contribution in [0.1, 0.15) is 32.4 Å². The van der Waals surface area contributed by atoms with E-state index in [0.29, 0.717) is 18.8 Å². The normalized spacial score (nSPS) is 12.6. The van der Waals surface area contributed by atoms with Gasteiger partial charge >= 0.3 is 6.03 Å². The average Bonchev–Trinajstić information content (AvgIpc) is 2.63. The predicted octanol–water partition coefficient (Wildman–Crippen LogP) is 3.60. The zero-order valence-corrected chi connectivity index (χ0v) is 16.1. The van der Waals surface area contributed by atoms with E-state index in [1.807, 2.05) is 37.3 Å². The molecule has 2 amide bonds. The van der Waals surface area contributed by atoms with Crippen molar-refractivity contribution in [1.29, 1.82) is 0 Å². The Morgan fingerprint density at radius 1 is 1.00 bits per heavy atom. The van der Waals surface area contributed by atoms with Crippen LogP contribution >= 0.6 is 0 Å². The minimum absolute atomic E-state index is 0.140. The van der Waals surface area contributed by atoms with Gasteiger partial charge in [-0.3, -0.25) is 0 Å². The van der Waals surface area contributed by atoms with E-state index < -0.39 is 10.0 Å². The Hall–Kier alpha value is -2.38. The maximum Gasteiger partial charge on any atom is 0.319 e. The van der Waals surface area contributed by atoms with Crippen molar-refractivity contribution >= 4 is 21.7 Å². The van der Waals surface area contributed by atoms with Gasteiger partial charge < -0.3 is 10.6 Å². The van der Waals surface area contributed by atoms with Gasteiger partial charge in [0, 0.05) is 18.8 Å². The lowest BCUT2D eigenvalue weighted by molar-refractivity contribution is 0.249. The number of hydrogen-bond acceptors (Lipinski definition) is 3. The largest absolute Gasteiger partial charge is 0.331 e. The molecule has 7 heteroatoms. The van der Waals surface area contributed by atoms with Crippen molar-refractivity contribution in [3.8, 4) is 0 Å². The summed E-state index contributed by atoms with van der Waals surface area (Å²) in [5.41, 5.74) is 1.53. The third kappa shape index (κ3) is 4.83. The molecule has 0 saturated carbocycles. The number of benzene rings is 2. The number of amides is 2. The van der Waals surface area contributed by atoms with E-state index in [9.17, 15) is 13.2 Å². The molecule has 1 atom stereocenters. The van der Waals surface area contributed by atoms with Crippen molar-refractivity contribution < 1.29 is 13.2 Å². The first-order valence-corrected chi connectivity index (χ1v) is 10.0. The summed E-state index contributed by atoms with van der Waals surface area (Å²) in [5.74, 6) is 0. The second-order valence-corrected chi connectivity index (χ2v) is 7.78. The fourth-order valence-electron chi connectivity index (χ4n) is 2.61. The van der Waals surface area contributed by atoms with Gasteiger partial charge in [0.2, 0.25) is 10.0 Å². The highest BCUT2D eigenvalue weighted by Crippen LogP contribution is 2.18. The molecule has 2 aromatic carbocycles. The predicted molar refractivity (Wildman–Crippen MR) is 104 cm³/mol. The summed E-state index contributed by atoms with van der Waals surface area (Å²) in [6, 6.07) is 15.3. The Morgan fingerprint density at radius 2 is 1.58 bits per heavy atom. The van der Waals surface area contributed by atoms with E-state index in [4.69, 9.17) is 0 Å². The van der Waals surface area contributed by atoms with Crippen molar-refractivity contribution in [2.24, 2.45) is 0 Å². The SMILES string of the molecule is CCN(CC)S(=O)(=O)c1ccc(NC(=O)NC(C)c2ccccc2)cc1. The zero-order chi connectivity index (χ0) is 19.2. The second kappa shape index (κ2) is 8.82. The van der Waals surface area contributed by atoms with Crippen molar-refractivity contribution in [2.75, 3.05) is 18.4 Å². The second-order valence-electron chi connectivity index (χ2n) is 5.84. The Morgan fingerprint density at radius 3 is 2.12 bits per heavy atom. The molecular weight excluding hydrogens is 350 g/mol. The van der Waals surface area contributed by atoms with Gasteiger partial charge in [-0.25, -0.2) is 13.2 Å². The molecule has 0 saturated heterocycles. The molecule has 2 N–H and O–H groups in total. The number of urea groups is 1. The number of sulfonamides is 1. The van der Waals surface area contributed by atoms with Crippen LogP contribution in [0.4, 0.5) is 10.5 Å². The maximum absolute atomic E-state index is 12.5. The fraction of sp³-hybridized carbons (Fsp3) is 0.316. The highest BCUT2D eigenvalue weighted by atomic mass is 32.2. The lowest BCUT2D eigenvalue weighted by atomic mass is 10.1. The molecule has 1 unspecified atom stereocenters. The van der Waals surface area contributed by atoms with E-state index in [1.54, 1.807) is 26.0 Å². The van der Waals surface area contributed by atoms with E-state index >= 15 is 0 Å². The standard InChI is InChI=1S/C19H25N3O3S/c1-4-22(5-2)26(24,25)18-13-11-17(12-14-18)21-19(23)20-15(3)16-9-7-6-8-10-16/h6-15H,4-5H2,1-3H3,(H2,20,21,23). The quantitative estimate of drug-likeness (QED) is 0.776. The van der Waals surface area contributed by atoms with Gasteiger partial charge in [-0.15, -0.1) is 0 Å². The van der Waals surface area contributed by atoms with E-state index in [-0.39, 0.29) is 17.0 Å². The number of carbonyl (C=O) groups is 1. The van der Waals surface area contributed by atoms with E-state index in [0.717, 1.165) is 5.56 Å². The number of nitrogens with zero attached hydrogens (tertiary/aromatic N) is 1. The van der Waals surface area contributed by atoms with Gasteiger partial charge in [-0.1, -0.05) is 44.2 Å². The minimum Gasteiger partial charge on any atom is -0.331 e. The summed E-state index contributed by atoms with van der Waals surface area (Å²) in [5, 5.41) is 5.57. The third-order valence-electron chi connectivity index (χ3n) is 4.10. The molecule has 0 spiro atoms. The Labute approximate surface area is 155 Å². The van der Waals surface area contributed by atoms with Crippen LogP contribution < -0.4 is 10.6 Å². The summed E-state index contributed by atoms with van der Waals surface area (Å²) in [6.45, 7) is 6.33. The Balaban J connectivity index is 2.02. The lowest BCUT2D eigenvalue weighted by Crippen LogP contribution is -2.31. The number of rotatable bonds is 7. The molecule has 26 heavy (non-hydrogen) atoms. The highest BCUT2D eigenvalue weighted by molar-refractivity contribution is 7.89. The molecule has 6 nitrogen and oxygen atoms in total. The molecule has 140 valence electrons. The Kier molecular flexibility index (Phi) is 6.76. The molecule has 0 aromatic heterocycles. The van der Waals surface area contributed by atoms with Crippen LogP contribution in [0.2, 0.25) is 0 Å². The van der Waals surface area contributed by atoms with Crippen LogP contribution in [0, 0.1) is 0 Å². The molecule has 0 fully saturated rings. The van der Waals surface area contributed by atoms with Crippen molar-refractivity contribution in [2.45, 2.75) is 31.7 Å². The number of nitrogens with one attached hydrogen (secondary N) is 2. The molecule has 2 rings (SSSR count). The summed E-state index contributed by atoms with van der Waals surface area (Å²) < 4.78 is 26.3. The minimum atomic E-state index is -3.50. The van der Waals surface area contributed by atoms with Gasteiger partial charge in [0.15, 0.2) is 0 Å². The molecular formula is C19H25N3O3S. The summed E-state index contributed by atoms with van der Waals surface area (Å²) in [4.78, 5) is 12.3. The Bertz CT molecular complexity index is 817. The van der Waals surface area contributed by atoms with Crippen LogP contribution in [-0.4, -0.2) is 31.8 Å². The molecule has 0 heterocycles. The van der Waals surface area contributed by atoms with Crippen LogP contribution in [0.15, 0.2) is 59.5 Å². The van der Waals surface area contributed by atoms with Crippen LogP contribution in [0.5, 0.6) is 0 Å². The summed E-state index contributed by atoms with van der Waals surface area (Å²) >= 11 is 0. The topological polar surface area (TPSA) is 78.5 Å². The molecule has 2 aromatic rings. The zero-order valence-electron chi connectivity index (χ0n) is 15.3.